The lowest BCUT2D eigenvalue weighted by molar-refractivity contribution is 0.0958. The number of para-hydroxylation sites is 1. The van der Waals surface area contributed by atoms with Crippen molar-refractivity contribution in [3.05, 3.63) is 55.3 Å². The third-order valence-electron chi connectivity index (χ3n) is 4.71. The molecule has 9 nitrogen and oxygen atoms in total. The van der Waals surface area contributed by atoms with E-state index in [0.29, 0.717) is 29.6 Å². The number of anilines is 2. The predicted molar refractivity (Wildman–Crippen MR) is 123 cm³/mol. The Balaban J connectivity index is 2.12. The van der Waals surface area contributed by atoms with E-state index >= 15 is 0 Å². The monoisotopic (exact) mass is 492 g/mol. The van der Waals surface area contributed by atoms with E-state index in [1.807, 2.05) is 26.0 Å². The van der Waals surface area contributed by atoms with Crippen molar-refractivity contribution in [2.24, 2.45) is 5.92 Å². The van der Waals surface area contributed by atoms with Crippen LogP contribution in [0.25, 0.3) is 11.0 Å². The Morgan fingerprint density at radius 1 is 1.35 bits per heavy atom. The second kappa shape index (κ2) is 9.52. The van der Waals surface area contributed by atoms with Crippen molar-refractivity contribution < 1.29 is 13.9 Å². The molecule has 0 atom stereocenters. The van der Waals surface area contributed by atoms with Gasteiger partial charge in [-0.1, -0.05) is 26.0 Å². The van der Waals surface area contributed by atoms with Crippen molar-refractivity contribution in [2.45, 2.75) is 26.8 Å². The molecular formula is C21H25BrN4O5. The number of methoxy groups -OCH3 is 1. The van der Waals surface area contributed by atoms with E-state index in [4.69, 9.17) is 14.9 Å². The number of furan rings is 1. The van der Waals surface area contributed by atoms with Gasteiger partial charge in [-0.2, -0.15) is 0 Å². The highest BCUT2D eigenvalue weighted by Gasteiger charge is 2.27. The first-order valence-corrected chi connectivity index (χ1v) is 10.6. The Morgan fingerprint density at radius 2 is 2.10 bits per heavy atom. The second-order valence-electron chi connectivity index (χ2n) is 7.57. The second-order valence-corrected chi connectivity index (χ2v) is 8.42. The van der Waals surface area contributed by atoms with Crippen molar-refractivity contribution in [1.29, 1.82) is 0 Å². The fraction of sp³-hybridized carbons (Fsp3) is 0.381. The Hall–Kier alpha value is -2.85. The van der Waals surface area contributed by atoms with Gasteiger partial charge in [-0.05, 0) is 40.4 Å². The average Bonchev–Trinajstić information content (AvgIpc) is 3.15. The molecule has 2 aromatic heterocycles. The number of rotatable bonds is 8. The number of aromatic amines is 1. The molecule has 0 aliphatic rings. The summed E-state index contributed by atoms with van der Waals surface area (Å²) in [6.45, 7) is 4.66. The smallest absolute Gasteiger partial charge is 0.330 e. The molecule has 166 valence electrons. The molecule has 0 radical (unpaired) electrons. The molecule has 3 N–H and O–H groups in total. The number of nitrogens with one attached hydrogen (secondary N) is 1. The minimum atomic E-state index is -0.731. The number of carbonyl (C=O) groups is 1. The zero-order chi connectivity index (χ0) is 22.7. The van der Waals surface area contributed by atoms with Gasteiger partial charge in [0.1, 0.15) is 11.4 Å². The summed E-state index contributed by atoms with van der Waals surface area (Å²) in [5, 5.41) is 0.737. The summed E-state index contributed by atoms with van der Waals surface area (Å²) >= 11 is 3.41. The highest BCUT2D eigenvalue weighted by Crippen LogP contribution is 2.29. The summed E-state index contributed by atoms with van der Waals surface area (Å²) < 4.78 is 12.8. The lowest BCUT2D eigenvalue weighted by atomic mass is 10.2. The number of nitrogen functional groups attached to an aromatic ring is 1. The van der Waals surface area contributed by atoms with Gasteiger partial charge in [0.25, 0.3) is 11.5 Å². The minimum absolute atomic E-state index is 0.0553. The molecule has 0 aliphatic heterocycles. The number of halogens is 1. The molecule has 0 unspecified atom stereocenters. The lowest BCUT2D eigenvalue weighted by Gasteiger charge is -2.24. The Morgan fingerprint density at radius 3 is 2.74 bits per heavy atom. The molecule has 1 aromatic carbocycles. The molecule has 2 heterocycles. The number of aromatic nitrogens is 2. The summed E-state index contributed by atoms with van der Waals surface area (Å²) in [6, 6.07) is 7.07. The molecule has 1 amide bonds. The molecule has 3 rings (SSSR count). The van der Waals surface area contributed by atoms with Crippen LogP contribution in [-0.4, -0.2) is 35.7 Å². The number of fused-ring (bicyclic) bond motifs is 1. The molecule has 31 heavy (non-hydrogen) atoms. The number of nitrogens with two attached hydrogens (primary N) is 1. The third kappa shape index (κ3) is 4.75. The molecule has 0 spiro atoms. The standard InChI is InChI=1S/C21H25BrN4O5/c1-12(2)11-26-18(23)16(19(27)24-21(26)29)25(8-5-9-30-3)20(28)15-10-13-6-4-7-14(22)17(13)31-15/h4,6-7,10,12H,5,8-9,11,23H2,1-3H3,(H,24,27,29). The SMILES string of the molecule is COCCCN(C(=O)c1cc2cccc(Br)c2o1)c1c(N)n(CC(C)C)c(=O)[nH]c1=O. The maximum absolute atomic E-state index is 13.4. The van der Waals surface area contributed by atoms with Crippen LogP contribution in [0.3, 0.4) is 0 Å². The number of nitrogens with zero attached hydrogens (tertiary/aromatic N) is 2. The number of hydrogen-bond donors (Lipinski definition) is 2. The van der Waals surface area contributed by atoms with Gasteiger partial charge < -0.3 is 14.9 Å². The summed E-state index contributed by atoms with van der Waals surface area (Å²) in [5.41, 5.74) is 5.33. The molecule has 0 bridgehead atoms. The Bertz CT molecular complexity index is 1210. The first-order valence-electron chi connectivity index (χ1n) is 9.86. The van der Waals surface area contributed by atoms with E-state index in [2.05, 4.69) is 20.9 Å². The van der Waals surface area contributed by atoms with Gasteiger partial charge in [0.2, 0.25) is 0 Å². The van der Waals surface area contributed by atoms with Crippen LogP contribution < -0.4 is 21.9 Å². The topological polar surface area (TPSA) is 124 Å². The quantitative estimate of drug-likeness (QED) is 0.465. The first-order chi connectivity index (χ1) is 14.7. The number of benzene rings is 1. The van der Waals surface area contributed by atoms with Gasteiger partial charge in [-0.3, -0.25) is 24.0 Å². The van der Waals surface area contributed by atoms with Gasteiger partial charge >= 0.3 is 5.69 Å². The van der Waals surface area contributed by atoms with Gasteiger partial charge in [0.05, 0.1) is 4.47 Å². The third-order valence-corrected chi connectivity index (χ3v) is 5.34. The Kier molecular flexibility index (Phi) is 7.01. The summed E-state index contributed by atoms with van der Waals surface area (Å²) in [6.07, 6.45) is 0.453. The van der Waals surface area contributed by atoms with E-state index in [-0.39, 0.29) is 29.7 Å². The van der Waals surface area contributed by atoms with Crippen molar-refractivity contribution in [3.8, 4) is 0 Å². The van der Waals surface area contributed by atoms with E-state index < -0.39 is 17.2 Å². The average molecular weight is 493 g/mol. The molecule has 3 aromatic rings. The largest absolute Gasteiger partial charge is 0.450 e. The fourth-order valence-corrected chi connectivity index (χ4v) is 3.79. The van der Waals surface area contributed by atoms with Gasteiger partial charge in [-0.25, -0.2) is 4.79 Å². The molecular weight excluding hydrogens is 468 g/mol. The lowest BCUT2D eigenvalue weighted by Crippen LogP contribution is -2.42. The van der Waals surface area contributed by atoms with Crippen LogP contribution in [0.1, 0.15) is 30.8 Å². The number of hydrogen-bond acceptors (Lipinski definition) is 6. The van der Waals surface area contributed by atoms with Crippen molar-refractivity contribution in [1.82, 2.24) is 9.55 Å². The van der Waals surface area contributed by atoms with Gasteiger partial charge in [-0.15, -0.1) is 0 Å². The van der Waals surface area contributed by atoms with Crippen LogP contribution >= 0.6 is 15.9 Å². The van der Waals surface area contributed by atoms with Crippen LogP contribution in [0, 0.1) is 5.92 Å². The number of ether oxygens (including phenoxy) is 1. The van der Waals surface area contributed by atoms with E-state index in [0.717, 1.165) is 5.39 Å². The predicted octanol–water partition coefficient (Wildman–Crippen LogP) is 2.97. The molecule has 0 aliphatic carbocycles. The van der Waals surface area contributed by atoms with E-state index in [9.17, 15) is 14.4 Å². The summed E-state index contributed by atoms with van der Waals surface area (Å²) in [4.78, 5) is 42.0. The van der Waals surface area contributed by atoms with Crippen molar-refractivity contribution in [3.63, 3.8) is 0 Å². The van der Waals surface area contributed by atoms with E-state index in [1.54, 1.807) is 19.2 Å². The van der Waals surface area contributed by atoms with Crippen LogP contribution in [-0.2, 0) is 11.3 Å². The fourth-order valence-electron chi connectivity index (χ4n) is 3.33. The van der Waals surface area contributed by atoms with Crippen LogP contribution in [0.2, 0.25) is 0 Å². The van der Waals surface area contributed by atoms with Crippen LogP contribution in [0.4, 0.5) is 11.5 Å². The van der Waals surface area contributed by atoms with Crippen molar-refractivity contribution in [2.75, 3.05) is 30.9 Å². The zero-order valence-corrected chi connectivity index (χ0v) is 19.2. The highest BCUT2D eigenvalue weighted by molar-refractivity contribution is 9.10. The van der Waals surface area contributed by atoms with E-state index in [1.165, 1.54) is 9.47 Å². The maximum atomic E-state index is 13.4. The maximum Gasteiger partial charge on any atom is 0.330 e. The molecule has 0 saturated heterocycles. The number of amides is 1. The summed E-state index contributed by atoms with van der Waals surface area (Å²) in [5.74, 6) is -0.444. The Labute approximate surface area is 186 Å². The van der Waals surface area contributed by atoms with Crippen molar-refractivity contribution >= 4 is 44.3 Å². The van der Waals surface area contributed by atoms with Crippen LogP contribution in [0.5, 0.6) is 0 Å². The van der Waals surface area contributed by atoms with Gasteiger partial charge in [0, 0.05) is 32.2 Å². The molecule has 0 saturated carbocycles. The first kappa shape index (κ1) is 22.8. The highest BCUT2D eigenvalue weighted by atomic mass is 79.9. The van der Waals surface area contributed by atoms with Crippen LogP contribution in [0.15, 0.2) is 42.7 Å². The zero-order valence-electron chi connectivity index (χ0n) is 17.6. The minimum Gasteiger partial charge on any atom is -0.450 e. The van der Waals surface area contributed by atoms with Gasteiger partial charge in [0.15, 0.2) is 11.4 Å². The molecule has 10 heteroatoms. The normalized spacial score (nSPS) is 11.4. The summed E-state index contributed by atoms with van der Waals surface area (Å²) in [7, 11) is 1.55. The number of carbonyl (C=O) groups excluding carboxylic acids is 1. The molecule has 0 fully saturated rings. The number of H-pyrrole nitrogens is 1.